The molecule has 0 spiro atoms. The van der Waals surface area contributed by atoms with Crippen molar-refractivity contribution in [3.8, 4) is 0 Å². The molecule has 0 N–H and O–H groups in total. The van der Waals surface area contributed by atoms with E-state index in [9.17, 15) is 9.59 Å². The van der Waals surface area contributed by atoms with Crippen molar-refractivity contribution in [1.82, 2.24) is 0 Å². The van der Waals surface area contributed by atoms with E-state index in [1.165, 1.54) is 19.3 Å². The van der Waals surface area contributed by atoms with Gasteiger partial charge in [0.1, 0.15) is 6.10 Å². The Labute approximate surface area is 170 Å². The molecule has 0 aromatic rings. The summed E-state index contributed by atoms with van der Waals surface area (Å²) in [6, 6.07) is 0. The number of hydrogen-bond acceptors (Lipinski definition) is 4. The largest absolute Gasteiger partial charge is 0.465 e. The van der Waals surface area contributed by atoms with Gasteiger partial charge in [0.2, 0.25) is 0 Å². The van der Waals surface area contributed by atoms with E-state index in [0.717, 1.165) is 69.1 Å². The van der Waals surface area contributed by atoms with Crippen LogP contribution < -0.4 is 0 Å². The van der Waals surface area contributed by atoms with Crippen LogP contribution in [0.2, 0.25) is 0 Å². The molecule has 5 rings (SSSR count). The highest BCUT2D eigenvalue weighted by molar-refractivity contribution is 5.77. The van der Waals surface area contributed by atoms with Crippen LogP contribution in [0.1, 0.15) is 91.4 Å². The van der Waals surface area contributed by atoms with Gasteiger partial charge < -0.3 is 9.47 Å². The third-order valence-electron chi connectivity index (χ3n) is 8.43. The fraction of sp³-hybridized carbons (Fsp3) is 0.917. The highest BCUT2D eigenvalue weighted by Crippen LogP contribution is 2.60. The number of esters is 2. The SMILES string of the molecule is CCC(C)(C)C(=O)OC1CCCCC1COC(=O)C12CC3CC(CC(C3)C1)C2. The van der Waals surface area contributed by atoms with Crippen LogP contribution in [0.25, 0.3) is 0 Å². The number of hydrogen-bond donors (Lipinski definition) is 0. The van der Waals surface area contributed by atoms with E-state index in [2.05, 4.69) is 0 Å². The summed E-state index contributed by atoms with van der Waals surface area (Å²) >= 11 is 0. The molecule has 5 fully saturated rings. The van der Waals surface area contributed by atoms with Gasteiger partial charge >= 0.3 is 11.9 Å². The fourth-order valence-corrected chi connectivity index (χ4v) is 6.66. The summed E-state index contributed by atoms with van der Waals surface area (Å²) in [5, 5.41) is 0. The lowest BCUT2D eigenvalue weighted by Crippen LogP contribution is -2.51. The van der Waals surface area contributed by atoms with Gasteiger partial charge in [-0.2, -0.15) is 0 Å². The Morgan fingerprint density at radius 3 is 2.11 bits per heavy atom. The van der Waals surface area contributed by atoms with Gasteiger partial charge in [0, 0.05) is 5.92 Å². The zero-order valence-corrected chi connectivity index (χ0v) is 18.0. The van der Waals surface area contributed by atoms with E-state index in [1.54, 1.807) is 0 Å². The molecule has 0 aliphatic heterocycles. The van der Waals surface area contributed by atoms with E-state index in [1.807, 2.05) is 20.8 Å². The zero-order chi connectivity index (χ0) is 19.9. The third-order valence-corrected chi connectivity index (χ3v) is 8.43. The lowest BCUT2D eigenvalue weighted by Gasteiger charge is -2.55. The first kappa shape index (κ1) is 20.2. The van der Waals surface area contributed by atoms with Gasteiger partial charge in [-0.05, 0) is 95.8 Å². The molecular weight excluding hydrogens is 352 g/mol. The van der Waals surface area contributed by atoms with Crippen LogP contribution in [0.4, 0.5) is 0 Å². The smallest absolute Gasteiger partial charge is 0.312 e. The van der Waals surface area contributed by atoms with Crippen LogP contribution in [0.3, 0.4) is 0 Å². The maximum Gasteiger partial charge on any atom is 0.312 e. The van der Waals surface area contributed by atoms with Gasteiger partial charge in [-0.25, -0.2) is 0 Å². The Kier molecular flexibility index (Phi) is 5.52. The topological polar surface area (TPSA) is 52.6 Å². The first-order chi connectivity index (χ1) is 13.3. The molecule has 0 heterocycles. The predicted molar refractivity (Wildman–Crippen MR) is 107 cm³/mol. The monoisotopic (exact) mass is 390 g/mol. The molecule has 0 saturated heterocycles. The summed E-state index contributed by atoms with van der Waals surface area (Å²) in [7, 11) is 0. The summed E-state index contributed by atoms with van der Waals surface area (Å²) in [6.07, 6.45) is 11.9. The van der Waals surface area contributed by atoms with Crippen molar-refractivity contribution in [2.45, 2.75) is 97.5 Å². The Balaban J connectivity index is 1.35. The van der Waals surface area contributed by atoms with E-state index in [0.29, 0.717) is 6.61 Å². The van der Waals surface area contributed by atoms with E-state index < -0.39 is 5.41 Å². The molecule has 0 amide bonds. The Morgan fingerprint density at radius 2 is 1.54 bits per heavy atom. The molecule has 5 aliphatic rings. The van der Waals surface area contributed by atoms with Gasteiger partial charge in [0.05, 0.1) is 17.4 Å². The summed E-state index contributed by atoms with van der Waals surface area (Å²) < 4.78 is 11.9. The summed E-state index contributed by atoms with van der Waals surface area (Å²) in [4.78, 5) is 25.7. The van der Waals surface area contributed by atoms with Gasteiger partial charge in [0.15, 0.2) is 0 Å². The maximum atomic E-state index is 13.1. The van der Waals surface area contributed by atoms with E-state index >= 15 is 0 Å². The average molecular weight is 391 g/mol. The van der Waals surface area contributed by atoms with Crippen LogP contribution in [-0.4, -0.2) is 24.6 Å². The van der Waals surface area contributed by atoms with Crippen molar-refractivity contribution in [3.05, 3.63) is 0 Å². The summed E-state index contributed by atoms with van der Waals surface area (Å²) in [5.74, 6) is 2.34. The lowest BCUT2D eigenvalue weighted by molar-refractivity contribution is -0.177. The molecule has 4 heteroatoms. The summed E-state index contributed by atoms with van der Waals surface area (Å²) in [5.41, 5.74) is -0.641. The lowest BCUT2D eigenvalue weighted by atomic mass is 9.49. The van der Waals surface area contributed by atoms with Gasteiger partial charge in [-0.1, -0.05) is 13.3 Å². The molecule has 0 radical (unpaired) electrons. The normalized spacial score (nSPS) is 39.6. The van der Waals surface area contributed by atoms with Crippen LogP contribution in [0, 0.1) is 34.5 Å². The Bertz CT molecular complexity index is 572. The molecule has 4 nitrogen and oxygen atoms in total. The van der Waals surface area contributed by atoms with E-state index in [4.69, 9.17) is 9.47 Å². The summed E-state index contributed by atoms with van der Waals surface area (Å²) in [6.45, 7) is 6.33. The molecule has 2 unspecified atom stereocenters. The van der Waals surface area contributed by atoms with Crippen LogP contribution in [0.5, 0.6) is 0 Å². The first-order valence-electron chi connectivity index (χ1n) is 11.7. The maximum absolute atomic E-state index is 13.1. The number of carbonyl (C=O) groups is 2. The van der Waals surface area contributed by atoms with Crippen molar-refractivity contribution in [1.29, 1.82) is 0 Å². The molecule has 5 saturated carbocycles. The molecule has 158 valence electrons. The molecule has 2 atom stereocenters. The van der Waals surface area contributed by atoms with Crippen molar-refractivity contribution < 1.29 is 19.1 Å². The van der Waals surface area contributed by atoms with Crippen LogP contribution in [0.15, 0.2) is 0 Å². The fourth-order valence-electron chi connectivity index (χ4n) is 6.66. The minimum atomic E-state index is -0.447. The number of carbonyl (C=O) groups excluding carboxylic acids is 2. The van der Waals surface area contributed by atoms with Gasteiger partial charge in [-0.15, -0.1) is 0 Å². The quantitative estimate of drug-likeness (QED) is 0.579. The van der Waals surface area contributed by atoms with Gasteiger partial charge in [0.25, 0.3) is 0 Å². The second-order valence-electron chi connectivity index (χ2n) is 11.0. The highest BCUT2D eigenvalue weighted by Gasteiger charge is 2.55. The molecule has 5 aliphatic carbocycles. The molecule has 28 heavy (non-hydrogen) atoms. The Hall–Kier alpha value is -1.06. The number of rotatable bonds is 6. The molecule has 0 aromatic carbocycles. The Morgan fingerprint density at radius 1 is 0.964 bits per heavy atom. The average Bonchev–Trinajstić information content (AvgIpc) is 2.66. The zero-order valence-electron chi connectivity index (χ0n) is 18.0. The second kappa shape index (κ2) is 7.65. The van der Waals surface area contributed by atoms with Crippen molar-refractivity contribution in [2.24, 2.45) is 34.5 Å². The second-order valence-corrected chi connectivity index (χ2v) is 11.0. The van der Waals surface area contributed by atoms with Crippen LogP contribution in [-0.2, 0) is 19.1 Å². The minimum Gasteiger partial charge on any atom is -0.465 e. The third kappa shape index (κ3) is 3.85. The van der Waals surface area contributed by atoms with Gasteiger partial charge in [-0.3, -0.25) is 9.59 Å². The molecular formula is C24H38O4. The molecule has 4 bridgehead atoms. The van der Waals surface area contributed by atoms with Crippen molar-refractivity contribution in [2.75, 3.05) is 6.61 Å². The predicted octanol–water partition coefficient (Wildman–Crippen LogP) is 5.28. The van der Waals surface area contributed by atoms with Crippen LogP contribution >= 0.6 is 0 Å². The molecule has 0 aromatic heterocycles. The first-order valence-corrected chi connectivity index (χ1v) is 11.7. The van der Waals surface area contributed by atoms with E-state index in [-0.39, 0.29) is 29.4 Å². The van der Waals surface area contributed by atoms with Crippen molar-refractivity contribution in [3.63, 3.8) is 0 Å². The highest BCUT2D eigenvalue weighted by atomic mass is 16.6. The standard InChI is InChI=1S/C24H38O4/c1-4-23(2,3)21(25)28-20-8-6-5-7-19(20)15-27-22(26)24-12-16-9-17(13-24)11-18(10-16)14-24/h16-20H,4-15H2,1-3H3. The van der Waals surface area contributed by atoms with Crippen molar-refractivity contribution >= 4 is 11.9 Å². The minimum absolute atomic E-state index is 0.0520. The number of ether oxygens (including phenoxy) is 2.